The fourth-order valence-corrected chi connectivity index (χ4v) is 2.26. The van der Waals surface area contributed by atoms with Gasteiger partial charge in [-0.25, -0.2) is 4.98 Å². The summed E-state index contributed by atoms with van der Waals surface area (Å²) in [5.74, 6) is 1.66. The van der Waals surface area contributed by atoms with Crippen LogP contribution in [-0.4, -0.2) is 29.1 Å². The molecule has 92 valence electrons. The van der Waals surface area contributed by atoms with Crippen LogP contribution in [0.1, 0.15) is 25.3 Å². The van der Waals surface area contributed by atoms with Crippen molar-refractivity contribution in [3.05, 3.63) is 23.9 Å². The SMILES string of the molecule is CCC1CCN(c2ncccc2/C(N)=N/O)C1. The zero-order chi connectivity index (χ0) is 12.3. The summed E-state index contributed by atoms with van der Waals surface area (Å²) in [5, 5.41) is 11.8. The van der Waals surface area contributed by atoms with Crippen LogP contribution in [0, 0.1) is 5.92 Å². The van der Waals surface area contributed by atoms with Gasteiger partial charge in [0.05, 0.1) is 5.56 Å². The van der Waals surface area contributed by atoms with Crippen molar-refractivity contribution in [1.82, 2.24) is 4.98 Å². The van der Waals surface area contributed by atoms with Crippen LogP contribution in [0.3, 0.4) is 0 Å². The molecule has 0 bridgehead atoms. The third-order valence-corrected chi connectivity index (χ3v) is 3.33. The molecule has 1 fully saturated rings. The Kier molecular flexibility index (Phi) is 3.46. The van der Waals surface area contributed by atoms with Gasteiger partial charge in [0.25, 0.3) is 0 Å². The van der Waals surface area contributed by atoms with Crippen LogP contribution >= 0.6 is 0 Å². The summed E-state index contributed by atoms with van der Waals surface area (Å²) in [6.45, 7) is 4.19. The van der Waals surface area contributed by atoms with Crippen molar-refractivity contribution in [2.24, 2.45) is 16.8 Å². The molecule has 17 heavy (non-hydrogen) atoms. The molecule has 0 radical (unpaired) electrons. The maximum absolute atomic E-state index is 8.77. The normalized spacial score (nSPS) is 20.9. The summed E-state index contributed by atoms with van der Waals surface area (Å²) in [5.41, 5.74) is 6.36. The number of oxime groups is 1. The molecule has 3 N–H and O–H groups in total. The monoisotopic (exact) mass is 234 g/mol. The number of nitrogens with two attached hydrogens (primary N) is 1. The fraction of sp³-hybridized carbons (Fsp3) is 0.500. The summed E-state index contributed by atoms with van der Waals surface area (Å²) in [7, 11) is 0. The van der Waals surface area contributed by atoms with Gasteiger partial charge in [0.1, 0.15) is 5.82 Å². The van der Waals surface area contributed by atoms with E-state index in [4.69, 9.17) is 10.9 Å². The Morgan fingerprint density at radius 3 is 3.18 bits per heavy atom. The molecule has 0 saturated carbocycles. The number of amidine groups is 1. The Bertz CT molecular complexity index is 419. The van der Waals surface area contributed by atoms with E-state index >= 15 is 0 Å². The van der Waals surface area contributed by atoms with Gasteiger partial charge < -0.3 is 15.8 Å². The number of anilines is 1. The quantitative estimate of drug-likeness (QED) is 0.359. The molecule has 1 aliphatic rings. The third kappa shape index (κ3) is 2.33. The fourth-order valence-electron chi connectivity index (χ4n) is 2.26. The molecule has 0 spiro atoms. The van der Waals surface area contributed by atoms with E-state index in [-0.39, 0.29) is 5.84 Å². The average molecular weight is 234 g/mol. The van der Waals surface area contributed by atoms with Crippen molar-refractivity contribution in [2.75, 3.05) is 18.0 Å². The first-order valence-corrected chi connectivity index (χ1v) is 5.94. The van der Waals surface area contributed by atoms with Crippen LogP contribution in [0.2, 0.25) is 0 Å². The van der Waals surface area contributed by atoms with Gasteiger partial charge in [-0.15, -0.1) is 0 Å². The van der Waals surface area contributed by atoms with Crippen molar-refractivity contribution in [3.8, 4) is 0 Å². The second kappa shape index (κ2) is 5.03. The van der Waals surface area contributed by atoms with Crippen molar-refractivity contribution in [3.63, 3.8) is 0 Å². The molecule has 0 amide bonds. The van der Waals surface area contributed by atoms with Gasteiger partial charge in [0.15, 0.2) is 5.84 Å². The second-order valence-electron chi connectivity index (χ2n) is 4.37. The maximum Gasteiger partial charge on any atom is 0.173 e. The molecule has 5 heteroatoms. The van der Waals surface area contributed by atoms with Crippen molar-refractivity contribution in [1.29, 1.82) is 0 Å². The van der Waals surface area contributed by atoms with Gasteiger partial charge in [-0.05, 0) is 24.5 Å². The Labute approximate surface area is 101 Å². The summed E-state index contributed by atoms with van der Waals surface area (Å²) in [6.07, 6.45) is 4.10. The lowest BCUT2D eigenvalue weighted by Crippen LogP contribution is -2.25. The molecule has 0 aliphatic carbocycles. The van der Waals surface area contributed by atoms with E-state index in [0.29, 0.717) is 5.56 Å². The summed E-state index contributed by atoms with van der Waals surface area (Å²) < 4.78 is 0. The molecule has 1 unspecified atom stereocenters. The highest BCUT2D eigenvalue weighted by molar-refractivity contribution is 6.01. The van der Waals surface area contributed by atoms with Gasteiger partial charge in [-0.2, -0.15) is 0 Å². The highest BCUT2D eigenvalue weighted by Crippen LogP contribution is 2.26. The Balaban J connectivity index is 2.27. The Morgan fingerprint density at radius 2 is 2.53 bits per heavy atom. The number of hydrogen-bond donors (Lipinski definition) is 2. The van der Waals surface area contributed by atoms with Crippen LogP contribution in [0.25, 0.3) is 0 Å². The van der Waals surface area contributed by atoms with E-state index in [1.54, 1.807) is 12.3 Å². The van der Waals surface area contributed by atoms with Gasteiger partial charge in [-0.1, -0.05) is 18.5 Å². The maximum atomic E-state index is 8.77. The number of nitrogens with zero attached hydrogens (tertiary/aromatic N) is 3. The van der Waals surface area contributed by atoms with Crippen LogP contribution < -0.4 is 10.6 Å². The van der Waals surface area contributed by atoms with E-state index in [1.165, 1.54) is 12.8 Å². The van der Waals surface area contributed by atoms with Gasteiger partial charge in [0.2, 0.25) is 0 Å². The van der Waals surface area contributed by atoms with Crippen molar-refractivity contribution >= 4 is 11.7 Å². The first-order valence-electron chi connectivity index (χ1n) is 5.94. The van der Waals surface area contributed by atoms with Gasteiger partial charge in [0, 0.05) is 19.3 Å². The summed E-state index contributed by atoms with van der Waals surface area (Å²) >= 11 is 0. The van der Waals surface area contributed by atoms with Crippen LogP contribution in [0.4, 0.5) is 5.82 Å². The predicted molar refractivity (Wildman–Crippen MR) is 67.4 cm³/mol. The molecule has 5 nitrogen and oxygen atoms in total. The third-order valence-electron chi connectivity index (χ3n) is 3.33. The first-order chi connectivity index (χ1) is 8.26. The average Bonchev–Trinajstić information content (AvgIpc) is 2.86. The summed E-state index contributed by atoms with van der Waals surface area (Å²) in [4.78, 5) is 6.56. The Hall–Kier alpha value is -1.78. The first kappa shape index (κ1) is 11.7. The molecule has 2 rings (SSSR count). The van der Waals surface area contributed by atoms with E-state index in [0.717, 1.165) is 24.8 Å². The molecule has 1 saturated heterocycles. The lowest BCUT2D eigenvalue weighted by molar-refractivity contribution is 0.318. The smallest absolute Gasteiger partial charge is 0.173 e. The highest BCUT2D eigenvalue weighted by atomic mass is 16.4. The topological polar surface area (TPSA) is 74.7 Å². The molecule has 1 atom stereocenters. The molecule has 1 aromatic heterocycles. The largest absolute Gasteiger partial charge is 0.409 e. The van der Waals surface area contributed by atoms with Crippen LogP contribution in [0.5, 0.6) is 0 Å². The zero-order valence-electron chi connectivity index (χ0n) is 10.0. The van der Waals surface area contributed by atoms with E-state index in [1.807, 2.05) is 6.07 Å². The van der Waals surface area contributed by atoms with Gasteiger partial charge >= 0.3 is 0 Å². The number of hydrogen-bond acceptors (Lipinski definition) is 4. The van der Waals surface area contributed by atoms with E-state index in [9.17, 15) is 0 Å². The Morgan fingerprint density at radius 1 is 1.71 bits per heavy atom. The molecule has 1 aliphatic heterocycles. The van der Waals surface area contributed by atoms with Gasteiger partial charge in [-0.3, -0.25) is 0 Å². The highest BCUT2D eigenvalue weighted by Gasteiger charge is 2.24. The molecule has 1 aromatic rings. The summed E-state index contributed by atoms with van der Waals surface area (Å²) in [6, 6.07) is 3.63. The second-order valence-corrected chi connectivity index (χ2v) is 4.37. The molecular formula is C12H18N4O. The molecule has 0 aromatic carbocycles. The van der Waals surface area contributed by atoms with Crippen molar-refractivity contribution < 1.29 is 5.21 Å². The van der Waals surface area contributed by atoms with Crippen LogP contribution in [-0.2, 0) is 0 Å². The van der Waals surface area contributed by atoms with Crippen LogP contribution in [0.15, 0.2) is 23.5 Å². The van der Waals surface area contributed by atoms with E-state index < -0.39 is 0 Å². The molecular weight excluding hydrogens is 216 g/mol. The number of pyridine rings is 1. The minimum atomic E-state index is 0.119. The standard InChI is InChI=1S/C12H18N4O/c1-2-9-5-7-16(8-9)12-10(11(13)15-17)4-3-6-14-12/h3-4,6,9,17H,2,5,7-8H2,1H3,(H2,13,15). The zero-order valence-corrected chi connectivity index (χ0v) is 10.0. The molecule has 2 heterocycles. The van der Waals surface area contributed by atoms with E-state index in [2.05, 4.69) is 22.0 Å². The minimum Gasteiger partial charge on any atom is -0.409 e. The van der Waals surface area contributed by atoms with Crippen molar-refractivity contribution in [2.45, 2.75) is 19.8 Å². The lowest BCUT2D eigenvalue weighted by Gasteiger charge is -2.19. The lowest BCUT2D eigenvalue weighted by atomic mass is 10.1. The number of aromatic nitrogens is 1. The minimum absolute atomic E-state index is 0.119. The number of rotatable bonds is 3. The predicted octanol–water partition coefficient (Wildman–Crippen LogP) is 1.41.